The minimum absolute atomic E-state index is 0.186. The van der Waals surface area contributed by atoms with Gasteiger partial charge in [0, 0.05) is 31.8 Å². The van der Waals surface area contributed by atoms with E-state index >= 15 is 0 Å². The summed E-state index contributed by atoms with van der Waals surface area (Å²) in [6.45, 7) is 4.49. The smallest absolute Gasteiger partial charge is 0.257 e. The van der Waals surface area contributed by atoms with E-state index in [0.29, 0.717) is 24.2 Å². The van der Waals surface area contributed by atoms with E-state index in [9.17, 15) is 4.79 Å². The number of amides is 1. The third-order valence-corrected chi connectivity index (χ3v) is 4.80. The van der Waals surface area contributed by atoms with Gasteiger partial charge in [-0.2, -0.15) is 0 Å². The summed E-state index contributed by atoms with van der Waals surface area (Å²) >= 11 is 0. The van der Waals surface area contributed by atoms with Crippen LogP contribution >= 0.6 is 0 Å². The Balaban J connectivity index is 1.42. The molecule has 1 N–H and O–H groups in total. The van der Waals surface area contributed by atoms with Gasteiger partial charge in [0.1, 0.15) is 5.82 Å². The molecule has 0 radical (unpaired) electrons. The van der Waals surface area contributed by atoms with Crippen LogP contribution in [0.4, 0.5) is 0 Å². The number of hydrogen-bond acceptors (Lipinski definition) is 6. The van der Waals surface area contributed by atoms with Crippen LogP contribution in [0.1, 0.15) is 41.6 Å². The number of fused-ring (bicyclic) bond motifs is 1. The second-order valence-electron chi connectivity index (χ2n) is 7.17. The maximum atomic E-state index is 12.5. The van der Waals surface area contributed by atoms with Crippen LogP contribution in [0.25, 0.3) is 22.5 Å². The van der Waals surface area contributed by atoms with Crippen LogP contribution in [-0.4, -0.2) is 37.4 Å². The fraction of sp³-hybridized carbons (Fsp3) is 0.286. The fourth-order valence-corrected chi connectivity index (χ4v) is 3.20. The van der Waals surface area contributed by atoms with Gasteiger partial charge in [-0.25, -0.2) is 4.98 Å². The van der Waals surface area contributed by atoms with Crippen molar-refractivity contribution in [3.8, 4) is 11.4 Å². The average Bonchev–Trinajstić information content (AvgIpc) is 3.32. The average molecular weight is 390 g/mol. The second-order valence-corrected chi connectivity index (χ2v) is 7.17. The lowest BCUT2D eigenvalue weighted by molar-refractivity contribution is 0.0953. The number of rotatable bonds is 6. The number of pyridine rings is 1. The summed E-state index contributed by atoms with van der Waals surface area (Å²) in [5.74, 6) is 1.60. The standard InChI is InChI=1S/C21H22N6O2/c1-13(2)18-16-11-15(12-23-21(16)29-26-18)20(28)22-10-9-17-24-25-19(27(17)3)14-7-5-4-6-8-14/h4-8,11-13H,9-10H2,1-3H3,(H,22,28). The number of hydrogen-bond donors (Lipinski definition) is 1. The molecule has 4 rings (SSSR count). The highest BCUT2D eigenvalue weighted by Crippen LogP contribution is 2.24. The summed E-state index contributed by atoms with van der Waals surface area (Å²) in [5, 5.41) is 16.3. The Labute approximate surface area is 168 Å². The summed E-state index contributed by atoms with van der Waals surface area (Å²) in [4.78, 5) is 16.8. The van der Waals surface area contributed by atoms with Gasteiger partial charge in [0.15, 0.2) is 5.82 Å². The Morgan fingerprint density at radius 1 is 1.21 bits per heavy atom. The lowest BCUT2D eigenvalue weighted by Crippen LogP contribution is -2.26. The summed E-state index contributed by atoms with van der Waals surface area (Å²) in [7, 11) is 1.93. The molecule has 0 aliphatic carbocycles. The molecular formula is C21H22N6O2. The van der Waals surface area contributed by atoms with Gasteiger partial charge in [-0.15, -0.1) is 10.2 Å². The third kappa shape index (κ3) is 3.73. The molecule has 4 aromatic rings. The zero-order valence-corrected chi connectivity index (χ0v) is 16.6. The van der Waals surface area contributed by atoms with Crippen molar-refractivity contribution < 1.29 is 9.32 Å². The second kappa shape index (κ2) is 7.83. The van der Waals surface area contributed by atoms with Gasteiger partial charge in [0.05, 0.1) is 16.6 Å². The highest BCUT2D eigenvalue weighted by Gasteiger charge is 2.16. The molecule has 1 aromatic carbocycles. The number of carbonyl (C=O) groups excluding carboxylic acids is 1. The predicted molar refractivity (Wildman–Crippen MR) is 108 cm³/mol. The Kier molecular flexibility index (Phi) is 5.07. The molecule has 0 bridgehead atoms. The van der Waals surface area contributed by atoms with E-state index in [2.05, 4.69) is 25.7 Å². The van der Waals surface area contributed by atoms with Crippen molar-refractivity contribution in [3.05, 3.63) is 59.7 Å². The lowest BCUT2D eigenvalue weighted by atomic mass is 10.1. The van der Waals surface area contributed by atoms with Gasteiger partial charge in [0.2, 0.25) is 0 Å². The minimum Gasteiger partial charge on any atom is -0.352 e. The van der Waals surface area contributed by atoms with E-state index in [-0.39, 0.29) is 11.8 Å². The van der Waals surface area contributed by atoms with Gasteiger partial charge < -0.3 is 14.4 Å². The van der Waals surface area contributed by atoms with Crippen molar-refractivity contribution in [2.45, 2.75) is 26.2 Å². The summed E-state index contributed by atoms with van der Waals surface area (Å²) in [6.07, 6.45) is 2.07. The van der Waals surface area contributed by atoms with Crippen LogP contribution in [0, 0.1) is 0 Å². The van der Waals surface area contributed by atoms with E-state index in [1.807, 2.05) is 55.8 Å². The quantitative estimate of drug-likeness (QED) is 0.543. The molecule has 8 heteroatoms. The number of carbonyl (C=O) groups is 1. The normalized spacial score (nSPS) is 11.3. The van der Waals surface area contributed by atoms with Crippen molar-refractivity contribution in [1.29, 1.82) is 0 Å². The van der Waals surface area contributed by atoms with Gasteiger partial charge in [-0.1, -0.05) is 49.3 Å². The monoisotopic (exact) mass is 390 g/mol. The van der Waals surface area contributed by atoms with Crippen molar-refractivity contribution in [2.24, 2.45) is 7.05 Å². The maximum Gasteiger partial charge on any atom is 0.257 e. The molecular weight excluding hydrogens is 368 g/mol. The van der Waals surface area contributed by atoms with Crippen molar-refractivity contribution in [1.82, 2.24) is 30.2 Å². The van der Waals surface area contributed by atoms with Crippen LogP contribution in [0.15, 0.2) is 47.1 Å². The highest BCUT2D eigenvalue weighted by atomic mass is 16.5. The summed E-state index contributed by atoms with van der Waals surface area (Å²) < 4.78 is 7.17. The van der Waals surface area contributed by atoms with Crippen LogP contribution in [0.2, 0.25) is 0 Å². The first kappa shape index (κ1) is 18.8. The zero-order chi connectivity index (χ0) is 20.4. The van der Waals surface area contributed by atoms with Crippen molar-refractivity contribution in [2.75, 3.05) is 6.54 Å². The minimum atomic E-state index is -0.194. The first-order chi connectivity index (χ1) is 14.0. The first-order valence-corrected chi connectivity index (χ1v) is 9.52. The number of aromatic nitrogens is 5. The molecule has 0 saturated heterocycles. The van der Waals surface area contributed by atoms with Gasteiger partial charge in [-0.05, 0) is 12.0 Å². The summed E-state index contributed by atoms with van der Waals surface area (Å²) in [5.41, 5.74) is 2.73. The molecule has 0 aliphatic rings. The molecule has 0 fully saturated rings. The largest absolute Gasteiger partial charge is 0.352 e. The van der Waals surface area contributed by atoms with E-state index in [1.54, 1.807) is 6.07 Å². The molecule has 0 aliphatic heterocycles. The number of benzene rings is 1. The SMILES string of the molecule is CC(C)c1noc2ncc(C(=O)NCCc3nnc(-c4ccccc4)n3C)cc12. The van der Waals surface area contributed by atoms with Crippen molar-refractivity contribution in [3.63, 3.8) is 0 Å². The molecule has 3 heterocycles. The molecule has 3 aromatic heterocycles. The Hall–Kier alpha value is -3.55. The fourth-order valence-electron chi connectivity index (χ4n) is 3.20. The maximum absolute atomic E-state index is 12.5. The van der Waals surface area contributed by atoms with Crippen molar-refractivity contribution >= 4 is 17.0 Å². The molecule has 0 atom stereocenters. The first-order valence-electron chi connectivity index (χ1n) is 9.52. The molecule has 1 amide bonds. The molecule has 0 saturated carbocycles. The van der Waals surface area contributed by atoms with Crippen LogP contribution in [-0.2, 0) is 13.5 Å². The zero-order valence-electron chi connectivity index (χ0n) is 16.6. The Bertz CT molecular complexity index is 1150. The van der Waals surface area contributed by atoms with Gasteiger partial charge in [-0.3, -0.25) is 4.79 Å². The van der Waals surface area contributed by atoms with E-state index < -0.39 is 0 Å². The Morgan fingerprint density at radius 3 is 2.76 bits per heavy atom. The van der Waals surface area contributed by atoms with Gasteiger partial charge in [0.25, 0.3) is 11.6 Å². The topological polar surface area (TPSA) is 98.7 Å². The van der Waals surface area contributed by atoms with E-state index in [0.717, 1.165) is 28.3 Å². The number of nitrogens with one attached hydrogen (secondary N) is 1. The Morgan fingerprint density at radius 2 is 2.00 bits per heavy atom. The predicted octanol–water partition coefficient (Wildman–Crippen LogP) is 3.11. The van der Waals surface area contributed by atoms with Gasteiger partial charge >= 0.3 is 0 Å². The highest BCUT2D eigenvalue weighted by molar-refractivity contribution is 5.97. The van der Waals surface area contributed by atoms with Crippen LogP contribution in [0.5, 0.6) is 0 Å². The van der Waals surface area contributed by atoms with Crippen LogP contribution in [0.3, 0.4) is 0 Å². The molecule has 0 spiro atoms. The number of nitrogens with zero attached hydrogens (tertiary/aromatic N) is 5. The molecule has 29 heavy (non-hydrogen) atoms. The molecule has 0 unspecified atom stereocenters. The molecule has 148 valence electrons. The van der Waals surface area contributed by atoms with Crippen LogP contribution < -0.4 is 5.32 Å². The third-order valence-electron chi connectivity index (χ3n) is 4.80. The molecule has 8 nitrogen and oxygen atoms in total. The van der Waals surface area contributed by atoms with E-state index in [4.69, 9.17) is 4.52 Å². The lowest BCUT2D eigenvalue weighted by Gasteiger charge is -2.06. The van der Waals surface area contributed by atoms with E-state index in [1.165, 1.54) is 6.20 Å². The summed E-state index contributed by atoms with van der Waals surface area (Å²) in [6, 6.07) is 11.7.